The van der Waals surface area contributed by atoms with Crippen molar-refractivity contribution in [3.8, 4) is 11.5 Å². The first-order chi connectivity index (χ1) is 18.8. The van der Waals surface area contributed by atoms with Crippen molar-refractivity contribution in [1.82, 2.24) is 9.66 Å². The first kappa shape index (κ1) is 28.9. The van der Waals surface area contributed by atoms with Crippen LogP contribution in [0.25, 0.3) is 10.9 Å². The monoisotopic (exact) mass is 627 g/mol. The summed E-state index contributed by atoms with van der Waals surface area (Å²) in [5, 5.41) is 6.03. The van der Waals surface area contributed by atoms with E-state index in [1.165, 1.54) is 4.68 Å². The fourth-order valence-corrected chi connectivity index (χ4v) is 4.78. The summed E-state index contributed by atoms with van der Waals surface area (Å²) < 4.78 is 14.0. The van der Waals surface area contributed by atoms with Crippen molar-refractivity contribution >= 4 is 56.2 Å². The van der Waals surface area contributed by atoms with Crippen molar-refractivity contribution in [1.29, 1.82) is 0 Å². The number of rotatable bonds is 11. The third-order valence-corrected chi connectivity index (χ3v) is 7.29. The molecule has 4 rings (SSSR count). The zero-order valence-electron chi connectivity index (χ0n) is 21.7. The van der Waals surface area contributed by atoms with Crippen molar-refractivity contribution in [2.24, 2.45) is 5.10 Å². The van der Waals surface area contributed by atoms with Gasteiger partial charge in [0.1, 0.15) is 12.4 Å². The highest BCUT2D eigenvalue weighted by Crippen LogP contribution is 2.34. The molecule has 1 heterocycles. The average molecular weight is 629 g/mol. The Morgan fingerprint density at radius 1 is 1.13 bits per heavy atom. The predicted octanol–water partition coefficient (Wildman–Crippen LogP) is 8.01. The van der Waals surface area contributed by atoms with Gasteiger partial charge < -0.3 is 9.47 Å². The molecule has 0 unspecified atom stereocenters. The molecule has 9 heteroatoms. The van der Waals surface area contributed by atoms with Gasteiger partial charge in [0.05, 0.1) is 34.3 Å². The summed E-state index contributed by atoms with van der Waals surface area (Å²) in [4.78, 5) is 18.1. The van der Waals surface area contributed by atoms with Gasteiger partial charge in [0, 0.05) is 16.5 Å². The number of unbranched alkanes of at least 4 members (excludes halogenated alkanes) is 1. The number of aryl methyl sites for hydroxylation is 1. The van der Waals surface area contributed by atoms with E-state index in [9.17, 15) is 4.79 Å². The van der Waals surface area contributed by atoms with Crippen LogP contribution in [-0.4, -0.2) is 23.0 Å². The molecule has 202 valence electrons. The van der Waals surface area contributed by atoms with Crippen LogP contribution in [0.5, 0.6) is 11.5 Å². The Bertz CT molecular complexity index is 1600. The molecule has 6 nitrogen and oxygen atoms in total. The standard InChI is InChI=1S/C30H28BrCl2N3O3/c1-4-6-8-28-35-26-12-10-22(31)16-23(26)30(37)36(28)34-17-20-13-21(7-5-2)29(27(15-20)38-3)39-18-19-9-11-24(32)25(33)14-19/h5,9-17H,2,4,6-8,18H2,1,3H3. The lowest BCUT2D eigenvalue weighted by Crippen LogP contribution is -2.22. The number of hydrogen-bond acceptors (Lipinski definition) is 5. The first-order valence-electron chi connectivity index (χ1n) is 12.5. The summed E-state index contributed by atoms with van der Waals surface area (Å²) in [6.07, 6.45) is 6.49. The highest BCUT2D eigenvalue weighted by atomic mass is 79.9. The Morgan fingerprint density at radius 2 is 1.95 bits per heavy atom. The molecule has 1 aromatic heterocycles. The van der Waals surface area contributed by atoms with Crippen LogP contribution in [0.2, 0.25) is 10.0 Å². The number of methoxy groups -OCH3 is 1. The minimum atomic E-state index is -0.219. The molecule has 0 saturated carbocycles. The number of nitrogens with zero attached hydrogens (tertiary/aromatic N) is 3. The molecule has 39 heavy (non-hydrogen) atoms. The lowest BCUT2D eigenvalue weighted by Gasteiger charge is -2.16. The zero-order valence-corrected chi connectivity index (χ0v) is 24.8. The second-order valence-electron chi connectivity index (χ2n) is 8.90. The molecular formula is C30H28BrCl2N3O3. The van der Waals surface area contributed by atoms with Gasteiger partial charge in [-0.3, -0.25) is 4.79 Å². The summed E-state index contributed by atoms with van der Waals surface area (Å²) in [5.41, 5.74) is 2.91. The van der Waals surface area contributed by atoms with E-state index in [4.69, 9.17) is 37.7 Å². The van der Waals surface area contributed by atoms with E-state index >= 15 is 0 Å². The summed E-state index contributed by atoms with van der Waals surface area (Å²) in [6.45, 7) is 6.26. The van der Waals surface area contributed by atoms with Crippen LogP contribution in [0.4, 0.5) is 0 Å². The third-order valence-electron chi connectivity index (χ3n) is 6.06. The first-order valence-corrected chi connectivity index (χ1v) is 14.0. The van der Waals surface area contributed by atoms with Crippen LogP contribution < -0.4 is 15.0 Å². The number of fused-ring (bicyclic) bond motifs is 1. The van der Waals surface area contributed by atoms with Crippen molar-refractivity contribution in [2.45, 2.75) is 39.2 Å². The van der Waals surface area contributed by atoms with Crippen LogP contribution >= 0.6 is 39.1 Å². The Balaban J connectivity index is 1.72. The number of hydrogen-bond donors (Lipinski definition) is 0. The molecule has 3 aromatic carbocycles. The molecule has 0 fully saturated rings. The van der Waals surface area contributed by atoms with Crippen molar-refractivity contribution in [3.63, 3.8) is 0 Å². The number of benzene rings is 3. The number of ether oxygens (including phenoxy) is 2. The average Bonchev–Trinajstić information content (AvgIpc) is 2.93. The van der Waals surface area contributed by atoms with E-state index in [-0.39, 0.29) is 12.2 Å². The largest absolute Gasteiger partial charge is 0.493 e. The van der Waals surface area contributed by atoms with E-state index < -0.39 is 0 Å². The Morgan fingerprint density at radius 3 is 2.67 bits per heavy atom. The van der Waals surface area contributed by atoms with Gasteiger partial charge in [-0.25, -0.2) is 4.98 Å². The Kier molecular flexibility index (Phi) is 9.83. The molecular weight excluding hydrogens is 601 g/mol. The van der Waals surface area contributed by atoms with E-state index in [1.807, 2.05) is 30.3 Å². The molecule has 0 saturated heterocycles. The number of halogens is 3. The maximum atomic E-state index is 13.4. The van der Waals surface area contributed by atoms with Crippen LogP contribution in [0.15, 0.2) is 75.6 Å². The second kappa shape index (κ2) is 13.3. The summed E-state index contributed by atoms with van der Waals surface area (Å²) in [5.74, 6) is 1.75. The second-order valence-corrected chi connectivity index (χ2v) is 10.6. The number of aromatic nitrogens is 2. The Labute approximate surface area is 246 Å². The zero-order chi connectivity index (χ0) is 27.9. The SMILES string of the molecule is C=CCc1cc(C=Nn2c(CCCC)nc3ccc(Br)cc3c2=O)cc(OC)c1OCc1ccc(Cl)c(Cl)c1. The molecule has 0 N–H and O–H groups in total. The molecule has 0 aliphatic rings. The Hall–Kier alpha value is -3.13. The van der Waals surface area contributed by atoms with Gasteiger partial charge in [0.25, 0.3) is 5.56 Å². The predicted molar refractivity (Wildman–Crippen MR) is 163 cm³/mol. The van der Waals surface area contributed by atoms with Crippen molar-refractivity contribution < 1.29 is 9.47 Å². The van der Waals surface area contributed by atoms with Crippen molar-refractivity contribution in [2.75, 3.05) is 7.11 Å². The summed E-state index contributed by atoms with van der Waals surface area (Å²) in [6, 6.07) is 14.6. The number of allylic oxidation sites excluding steroid dienone is 1. The van der Waals surface area contributed by atoms with Gasteiger partial charge in [-0.1, -0.05) is 64.6 Å². The lowest BCUT2D eigenvalue weighted by molar-refractivity contribution is 0.282. The van der Waals surface area contributed by atoms with Gasteiger partial charge in [-0.05, 0) is 66.4 Å². The highest BCUT2D eigenvalue weighted by Gasteiger charge is 2.15. The van der Waals surface area contributed by atoms with Crippen LogP contribution in [-0.2, 0) is 19.4 Å². The van der Waals surface area contributed by atoms with Crippen LogP contribution in [0, 0.1) is 0 Å². The molecule has 4 aromatic rings. The molecule has 0 radical (unpaired) electrons. The highest BCUT2D eigenvalue weighted by molar-refractivity contribution is 9.10. The topological polar surface area (TPSA) is 65.7 Å². The quantitative estimate of drug-likeness (QED) is 0.125. The molecule has 0 amide bonds. The van der Waals surface area contributed by atoms with Crippen molar-refractivity contribution in [3.05, 3.63) is 109 Å². The molecule has 0 aliphatic carbocycles. The van der Waals surface area contributed by atoms with Crippen LogP contribution in [0.3, 0.4) is 0 Å². The van der Waals surface area contributed by atoms with E-state index in [0.29, 0.717) is 51.1 Å². The van der Waals surface area contributed by atoms with E-state index in [0.717, 1.165) is 34.0 Å². The molecule has 0 aliphatic heterocycles. The molecule has 0 atom stereocenters. The summed E-state index contributed by atoms with van der Waals surface area (Å²) in [7, 11) is 1.58. The maximum absolute atomic E-state index is 13.4. The third kappa shape index (κ3) is 6.90. The molecule has 0 bridgehead atoms. The van der Waals surface area contributed by atoms with Crippen LogP contribution in [0.1, 0.15) is 42.3 Å². The smallest absolute Gasteiger partial charge is 0.282 e. The van der Waals surface area contributed by atoms with Gasteiger partial charge >= 0.3 is 0 Å². The van der Waals surface area contributed by atoms with Gasteiger partial charge in [0.15, 0.2) is 11.5 Å². The minimum Gasteiger partial charge on any atom is -0.493 e. The van der Waals surface area contributed by atoms with E-state index in [2.05, 4.69) is 34.5 Å². The fraction of sp³-hybridized carbons (Fsp3) is 0.233. The summed E-state index contributed by atoms with van der Waals surface area (Å²) >= 11 is 15.6. The minimum absolute atomic E-state index is 0.219. The van der Waals surface area contributed by atoms with Gasteiger partial charge in [-0.15, -0.1) is 6.58 Å². The molecule has 0 spiro atoms. The van der Waals surface area contributed by atoms with Gasteiger partial charge in [-0.2, -0.15) is 9.78 Å². The maximum Gasteiger partial charge on any atom is 0.282 e. The lowest BCUT2D eigenvalue weighted by atomic mass is 10.1. The van der Waals surface area contributed by atoms with Gasteiger partial charge in [0.2, 0.25) is 0 Å². The van der Waals surface area contributed by atoms with E-state index in [1.54, 1.807) is 37.6 Å². The fourth-order valence-electron chi connectivity index (χ4n) is 4.10. The normalized spacial score (nSPS) is 11.3.